The molecule has 1 aliphatic carbocycles. The van der Waals surface area contributed by atoms with E-state index in [-0.39, 0.29) is 23.3 Å². The maximum atomic E-state index is 13.1. The fraction of sp³-hybridized carbons (Fsp3) is 0.500. The molecule has 1 unspecified atom stereocenters. The average Bonchev–Trinajstić information content (AvgIpc) is 2.87. The smallest absolute Gasteiger partial charge is 0.243 e. The van der Waals surface area contributed by atoms with Gasteiger partial charge in [0.15, 0.2) is 0 Å². The van der Waals surface area contributed by atoms with Crippen LogP contribution in [0.15, 0.2) is 41.3 Å². The van der Waals surface area contributed by atoms with Crippen molar-refractivity contribution in [1.82, 2.24) is 9.62 Å². The number of fused-ring (bicyclic) bond motifs is 1. The zero-order valence-electron chi connectivity index (χ0n) is 20.0. The molecule has 1 fully saturated rings. The van der Waals surface area contributed by atoms with E-state index < -0.39 is 10.0 Å². The first-order valence-electron chi connectivity index (χ1n) is 12.1. The second-order valence-corrected chi connectivity index (χ2v) is 11.0. The number of nitrogens with zero attached hydrogens (tertiary/aromatic N) is 1. The minimum absolute atomic E-state index is 0.0186. The standard InChI is InChI=1S/C26H34N2O5S/c1-32-21-10-12-23-19(17-21)7-6-8-24(23)27-26(29)14-9-20-18-22(11-13-25(20)33-2)34(30,31)28-15-4-3-5-16-28/h10-13,17-18,24H,3-9,14-16H2,1-2H3,(H,27,29). The molecule has 1 amide bonds. The lowest BCUT2D eigenvalue weighted by Crippen LogP contribution is -2.35. The van der Waals surface area contributed by atoms with Crippen molar-refractivity contribution in [2.75, 3.05) is 27.3 Å². The molecule has 8 heteroatoms. The van der Waals surface area contributed by atoms with Crippen LogP contribution in [-0.4, -0.2) is 45.9 Å². The normalized spacial score (nSPS) is 18.7. The maximum Gasteiger partial charge on any atom is 0.243 e. The Morgan fingerprint density at radius 2 is 1.82 bits per heavy atom. The number of ether oxygens (including phenoxy) is 2. The van der Waals surface area contributed by atoms with Crippen LogP contribution >= 0.6 is 0 Å². The van der Waals surface area contributed by atoms with E-state index in [1.165, 1.54) is 5.56 Å². The summed E-state index contributed by atoms with van der Waals surface area (Å²) in [5, 5.41) is 3.17. The number of hydrogen-bond donors (Lipinski definition) is 1. The predicted molar refractivity (Wildman–Crippen MR) is 131 cm³/mol. The summed E-state index contributed by atoms with van der Waals surface area (Å²) in [4.78, 5) is 13.1. The number of carbonyl (C=O) groups is 1. The summed E-state index contributed by atoms with van der Waals surface area (Å²) in [5.41, 5.74) is 3.09. The Morgan fingerprint density at radius 3 is 2.56 bits per heavy atom. The molecule has 0 bridgehead atoms. The van der Waals surface area contributed by atoms with Crippen molar-refractivity contribution in [3.05, 3.63) is 53.1 Å². The van der Waals surface area contributed by atoms with Gasteiger partial charge in [0.25, 0.3) is 0 Å². The van der Waals surface area contributed by atoms with Gasteiger partial charge in [0, 0.05) is 19.5 Å². The lowest BCUT2D eigenvalue weighted by atomic mass is 9.87. The number of nitrogens with one attached hydrogen (secondary N) is 1. The van der Waals surface area contributed by atoms with Crippen LogP contribution in [0.4, 0.5) is 0 Å². The number of benzene rings is 2. The van der Waals surface area contributed by atoms with Crippen LogP contribution in [0, 0.1) is 0 Å². The molecular weight excluding hydrogens is 452 g/mol. The van der Waals surface area contributed by atoms with Crippen molar-refractivity contribution in [2.45, 2.75) is 62.3 Å². The van der Waals surface area contributed by atoms with Crippen molar-refractivity contribution >= 4 is 15.9 Å². The molecular formula is C26H34N2O5S. The maximum absolute atomic E-state index is 13.1. The van der Waals surface area contributed by atoms with Crippen LogP contribution in [0.1, 0.15) is 61.3 Å². The Balaban J connectivity index is 1.44. The minimum atomic E-state index is -3.54. The fourth-order valence-corrected chi connectivity index (χ4v) is 6.52. The van der Waals surface area contributed by atoms with E-state index in [1.54, 1.807) is 36.7 Å². The minimum Gasteiger partial charge on any atom is -0.497 e. The first-order chi connectivity index (χ1) is 16.4. The molecule has 2 aromatic carbocycles. The molecule has 1 aliphatic heterocycles. The van der Waals surface area contributed by atoms with Crippen LogP contribution < -0.4 is 14.8 Å². The Morgan fingerprint density at radius 1 is 1.03 bits per heavy atom. The van der Waals surface area contributed by atoms with Gasteiger partial charge < -0.3 is 14.8 Å². The molecule has 0 spiro atoms. The van der Waals surface area contributed by atoms with Crippen LogP contribution in [0.25, 0.3) is 0 Å². The Hall–Kier alpha value is -2.58. The van der Waals surface area contributed by atoms with E-state index in [0.29, 0.717) is 25.3 Å². The summed E-state index contributed by atoms with van der Waals surface area (Å²) in [6.07, 6.45) is 6.39. The molecule has 4 rings (SSSR count). The summed E-state index contributed by atoms with van der Waals surface area (Å²) in [6.45, 7) is 1.11. The summed E-state index contributed by atoms with van der Waals surface area (Å²) in [6, 6.07) is 11.0. The van der Waals surface area contributed by atoms with Gasteiger partial charge >= 0.3 is 0 Å². The van der Waals surface area contributed by atoms with E-state index in [9.17, 15) is 13.2 Å². The van der Waals surface area contributed by atoms with E-state index in [4.69, 9.17) is 9.47 Å². The monoisotopic (exact) mass is 486 g/mol. The second-order valence-electron chi connectivity index (χ2n) is 9.02. The molecule has 1 atom stereocenters. The number of amides is 1. The molecule has 34 heavy (non-hydrogen) atoms. The molecule has 0 radical (unpaired) electrons. The summed E-state index contributed by atoms with van der Waals surface area (Å²) >= 11 is 0. The van der Waals surface area contributed by atoms with Gasteiger partial charge in [-0.1, -0.05) is 12.5 Å². The van der Waals surface area contributed by atoms with Gasteiger partial charge in [0.2, 0.25) is 15.9 Å². The average molecular weight is 487 g/mol. The molecule has 1 N–H and O–H groups in total. The number of rotatable bonds is 8. The highest BCUT2D eigenvalue weighted by molar-refractivity contribution is 7.89. The van der Waals surface area contributed by atoms with Crippen molar-refractivity contribution in [3.8, 4) is 11.5 Å². The molecule has 1 saturated heterocycles. The highest BCUT2D eigenvalue weighted by atomic mass is 32.2. The van der Waals surface area contributed by atoms with Gasteiger partial charge in [-0.3, -0.25) is 4.79 Å². The lowest BCUT2D eigenvalue weighted by Gasteiger charge is -2.27. The number of sulfonamides is 1. The van der Waals surface area contributed by atoms with Crippen molar-refractivity contribution < 1.29 is 22.7 Å². The predicted octanol–water partition coefficient (Wildman–Crippen LogP) is 4.00. The number of methoxy groups -OCH3 is 2. The van der Waals surface area contributed by atoms with Crippen molar-refractivity contribution in [3.63, 3.8) is 0 Å². The first kappa shape index (κ1) is 24.5. The molecule has 0 aromatic heterocycles. The largest absolute Gasteiger partial charge is 0.497 e. The first-order valence-corrected chi connectivity index (χ1v) is 13.5. The SMILES string of the molecule is COc1ccc2c(c1)CCCC2NC(=O)CCc1cc(S(=O)(=O)N2CCCCC2)ccc1OC. The number of carbonyl (C=O) groups excluding carboxylic acids is 1. The number of hydrogen-bond acceptors (Lipinski definition) is 5. The lowest BCUT2D eigenvalue weighted by molar-refractivity contribution is -0.121. The van der Waals surface area contributed by atoms with Gasteiger partial charge in [0.05, 0.1) is 25.2 Å². The van der Waals surface area contributed by atoms with E-state index in [0.717, 1.165) is 55.4 Å². The third-order valence-electron chi connectivity index (χ3n) is 6.83. The fourth-order valence-electron chi connectivity index (χ4n) is 4.95. The van der Waals surface area contributed by atoms with Gasteiger partial charge in [-0.2, -0.15) is 4.31 Å². The van der Waals surface area contributed by atoms with E-state index in [1.807, 2.05) is 18.2 Å². The third kappa shape index (κ3) is 5.39. The van der Waals surface area contributed by atoms with Crippen LogP contribution in [0.2, 0.25) is 0 Å². The Kier molecular flexibility index (Phi) is 7.78. The number of piperidine rings is 1. The van der Waals surface area contributed by atoms with E-state index in [2.05, 4.69) is 5.32 Å². The Labute approximate surface area is 202 Å². The molecule has 7 nitrogen and oxygen atoms in total. The van der Waals surface area contributed by atoms with E-state index >= 15 is 0 Å². The van der Waals surface area contributed by atoms with Crippen molar-refractivity contribution in [2.24, 2.45) is 0 Å². The van der Waals surface area contributed by atoms with Gasteiger partial charge in [-0.25, -0.2) is 8.42 Å². The number of aryl methyl sites for hydroxylation is 2. The molecule has 0 saturated carbocycles. The van der Waals surface area contributed by atoms with Crippen LogP contribution in [-0.2, 0) is 27.7 Å². The zero-order valence-corrected chi connectivity index (χ0v) is 20.8. The van der Waals surface area contributed by atoms with Crippen LogP contribution in [0.5, 0.6) is 11.5 Å². The molecule has 2 aliphatic rings. The topological polar surface area (TPSA) is 84.9 Å². The summed E-state index contributed by atoms with van der Waals surface area (Å²) in [7, 11) is -0.325. The second kappa shape index (κ2) is 10.8. The zero-order chi connectivity index (χ0) is 24.1. The quantitative estimate of drug-likeness (QED) is 0.610. The van der Waals surface area contributed by atoms with Crippen molar-refractivity contribution in [1.29, 1.82) is 0 Å². The molecule has 1 heterocycles. The molecule has 2 aromatic rings. The van der Waals surface area contributed by atoms with Gasteiger partial charge in [-0.05, 0) is 85.5 Å². The summed E-state index contributed by atoms with van der Waals surface area (Å²) in [5.74, 6) is 1.37. The highest BCUT2D eigenvalue weighted by Crippen LogP contribution is 2.32. The van der Waals surface area contributed by atoms with Gasteiger partial charge in [0.1, 0.15) is 11.5 Å². The summed E-state index contributed by atoms with van der Waals surface area (Å²) < 4.78 is 38.5. The van der Waals surface area contributed by atoms with Gasteiger partial charge in [-0.15, -0.1) is 0 Å². The Bertz CT molecular complexity index is 1130. The third-order valence-corrected chi connectivity index (χ3v) is 8.72. The highest BCUT2D eigenvalue weighted by Gasteiger charge is 2.27. The van der Waals surface area contributed by atoms with Crippen LogP contribution in [0.3, 0.4) is 0 Å². The molecule has 184 valence electrons.